The van der Waals surface area contributed by atoms with Crippen molar-refractivity contribution < 1.29 is 4.79 Å². The van der Waals surface area contributed by atoms with Crippen molar-refractivity contribution in [3.8, 4) is 0 Å². The van der Waals surface area contributed by atoms with Crippen LogP contribution in [0.1, 0.15) is 0 Å². The molecule has 0 spiro atoms. The number of carbonyl (C=O) groups excluding carboxylic acids is 1. The fraction of sp³-hybridized carbons (Fsp3) is 0.111. The maximum Gasteiger partial charge on any atom is 0.323 e. The van der Waals surface area contributed by atoms with Crippen LogP contribution >= 0.6 is 12.6 Å². The highest BCUT2D eigenvalue weighted by molar-refractivity contribution is 7.81. The van der Waals surface area contributed by atoms with Crippen LogP contribution in [0.5, 0.6) is 0 Å². The number of amides is 1. The van der Waals surface area contributed by atoms with Gasteiger partial charge in [-0.2, -0.15) is 12.6 Å². The molecule has 1 heterocycles. The Labute approximate surface area is 90.3 Å². The van der Waals surface area contributed by atoms with Gasteiger partial charge in [-0.1, -0.05) is 0 Å². The van der Waals surface area contributed by atoms with E-state index in [9.17, 15) is 9.59 Å². The number of hydrogen-bond acceptors (Lipinski definition) is 3. The Balaban J connectivity index is 2.38. The van der Waals surface area contributed by atoms with Gasteiger partial charge in [0.15, 0.2) is 0 Å². The molecule has 1 aromatic heterocycles. The molecule has 0 bridgehead atoms. The summed E-state index contributed by atoms with van der Waals surface area (Å²) in [6, 6.07) is 5.13. The SMILES string of the molecule is O=C(CS)Nc1ccc2[nH]c(=O)[nH]c2c1. The van der Waals surface area contributed by atoms with Crippen LogP contribution in [0.4, 0.5) is 5.69 Å². The Morgan fingerprint density at radius 2 is 2.07 bits per heavy atom. The van der Waals surface area contributed by atoms with E-state index >= 15 is 0 Å². The third kappa shape index (κ3) is 2.04. The minimum atomic E-state index is -0.261. The Bertz CT molecular complexity index is 558. The minimum absolute atomic E-state index is 0.127. The highest BCUT2D eigenvalue weighted by atomic mass is 32.1. The smallest absolute Gasteiger partial charge is 0.323 e. The summed E-state index contributed by atoms with van der Waals surface area (Å²) in [4.78, 5) is 27.2. The molecule has 0 saturated heterocycles. The van der Waals surface area contributed by atoms with Crippen molar-refractivity contribution >= 4 is 35.3 Å². The van der Waals surface area contributed by atoms with E-state index in [1.165, 1.54) is 0 Å². The highest BCUT2D eigenvalue weighted by Gasteiger charge is 2.02. The molecule has 1 aromatic carbocycles. The Kier molecular flexibility index (Phi) is 2.51. The summed E-state index contributed by atoms with van der Waals surface area (Å²) in [5, 5.41) is 2.64. The molecule has 0 unspecified atom stereocenters. The highest BCUT2D eigenvalue weighted by Crippen LogP contribution is 2.14. The van der Waals surface area contributed by atoms with Gasteiger partial charge in [0.05, 0.1) is 16.8 Å². The zero-order valence-corrected chi connectivity index (χ0v) is 8.60. The number of anilines is 1. The van der Waals surface area contributed by atoms with Crippen LogP contribution in [0, 0.1) is 0 Å². The van der Waals surface area contributed by atoms with Gasteiger partial charge < -0.3 is 15.3 Å². The first-order chi connectivity index (χ1) is 7.19. The lowest BCUT2D eigenvalue weighted by molar-refractivity contribution is -0.113. The molecular weight excluding hydrogens is 214 g/mol. The van der Waals surface area contributed by atoms with Gasteiger partial charge in [-0.15, -0.1) is 0 Å². The van der Waals surface area contributed by atoms with E-state index in [1.807, 2.05) is 0 Å². The first kappa shape index (κ1) is 9.85. The lowest BCUT2D eigenvalue weighted by atomic mass is 10.3. The van der Waals surface area contributed by atoms with E-state index in [2.05, 4.69) is 27.9 Å². The number of hydrogen-bond donors (Lipinski definition) is 4. The van der Waals surface area contributed by atoms with Crippen LogP contribution < -0.4 is 11.0 Å². The standard InChI is InChI=1S/C9H9N3O2S/c13-8(4-15)10-5-1-2-6-7(3-5)12-9(14)11-6/h1-3,15H,4H2,(H,10,13)(H2,11,12,14). The molecule has 15 heavy (non-hydrogen) atoms. The molecule has 2 rings (SSSR count). The number of aromatic amines is 2. The van der Waals surface area contributed by atoms with Gasteiger partial charge in [-0.25, -0.2) is 4.79 Å². The second-order valence-corrected chi connectivity index (χ2v) is 3.36. The molecule has 0 atom stereocenters. The molecule has 78 valence electrons. The van der Waals surface area contributed by atoms with Crippen molar-refractivity contribution in [3.63, 3.8) is 0 Å². The maximum atomic E-state index is 11.1. The van der Waals surface area contributed by atoms with Gasteiger partial charge in [0.1, 0.15) is 0 Å². The summed E-state index contributed by atoms with van der Waals surface area (Å²) in [5.74, 6) is -0.0580. The number of carbonyl (C=O) groups is 1. The normalized spacial score (nSPS) is 10.5. The third-order valence-electron chi connectivity index (χ3n) is 1.94. The molecule has 5 nitrogen and oxygen atoms in total. The van der Waals surface area contributed by atoms with E-state index in [4.69, 9.17) is 0 Å². The summed E-state index contributed by atoms with van der Waals surface area (Å²) in [7, 11) is 0. The predicted molar refractivity (Wildman–Crippen MR) is 61.4 cm³/mol. The van der Waals surface area contributed by atoms with Crippen molar-refractivity contribution in [2.45, 2.75) is 0 Å². The zero-order valence-electron chi connectivity index (χ0n) is 7.70. The topological polar surface area (TPSA) is 77.8 Å². The van der Waals surface area contributed by atoms with Crippen LogP contribution in [0.2, 0.25) is 0 Å². The Morgan fingerprint density at radius 3 is 2.80 bits per heavy atom. The maximum absolute atomic E-state index is 11.1. The van der Waals surface area contributed by atoms with E-state index < -0.39 is 0 Å². The number of imidazole rings is 1. The van der Waals surface area contributed by atoms with E-state index in [-0.39, 0.29) is 17.3 Å². The predicted octanol–water partition coefficient (Wildman–Crippen LogP) is 0.724. The second-order valence-electron chi connectivity index (χ2n) is 3.05. The van der Waals surface area contributed by atoms with Gasteiger partial charge in [-0.05, 0) is 18.2 Å². The monoisotopic (exact) mass is 223 g/mol. The molecule has 6 heteroatoms. The van der Waals surface area contributed by atoms with Crippen molar-refractivity contribution in [1.82, 2.24) is 9.97 Å². The second kappa shape index (κ2) is 3.82. The summed E-state index contributed by atoms with van der Waals surface area (Å²) in [6.45, 7) is 0. The molecule has 0 fully saturated rings. The summed E-state index contributed by atoms with van der Waals surface area (Å²) < 4.78 is 0. The number of nitrogens with one attached hydrogen (secondary N) is 3. The van der Waals surface area contributed by atoms with Crippen LogP contribution in [0.3, 0.4) is 0 Å². The van der Waals surface area contributed by atoms with Crippen LogP contribution in [-0.4, -0.2) is 21.6 Å². The van der Waals surface area contributed by atoms with Crippen LogP contribution in [-0.2, 0) is 4.79 Å². The van der Waals surface area contributed by atoms with E-state index in [0.717, 1.165) is 0 Å². The van der Waals surface area contributed by atoms with E-state index in [0.29, 0.717) is 16.7 Å². The fourth-order valence-corrected chi connectivity index (χ4v) is 1.39. The fourth-order valence-electron chi connectivity index (χ4n) is 1.31. The first-order valence-electron chi connectivity index (χ1n) is 4.32. The summed E-state index contributed by atoms with van der Waals surface area (Å²) in [6.07, 6.45) is 0. The van der Waals surface area contributed by atoms with Gasteiger partial charge in [0.2, 0.25) is 5.91 Å². The molecular formula is C9H9N3O2S. The number of fused-ring (bicyclic) bond motifs is 1. The zero-order chi connectivity index (χ0) is 10.8. The number of benzene rings is 1. The third-order valence-corrected chi connectivity index (χ3v) is 2.23. The first-order valence-corrected chi connectivity index (χ1v) is 4.95. The Morgan fingerprint density at radius 1 is 1.33 bits per heavy atom. The van der Waals surface area contributed by atoms with Crippen LogP contribution in [0.25, 0.3) is 11.0 Å². The minimum Gasteiger partial charge on any atom is -0.325 e. The van der Waals surface area contributed by atoms with Crippen molar-refractivity contribution in [1.29, 1.82) is 0 Å². The molecule has 0 saturated carbocycles. The number of thiol groups is 1. The van der Waals surface area contributed by atoms with Crippen molar-refractivity contribution in [2.75, 3.05) is 11.1 Å². The molecule has 0 aliphatic carbocycles. The molecule has 0 aliphatic heterocycles. The van der Waals surface area contributed by atoms with Crippen molar-refractivity contribution in [3.05, 3.63) is 28.7 Å². The number of aromatic nitrogens is 2. The van der Waals surface area contributed by atoms with Crippen molar-refractivity contribution in [2.24, 2.45) is 0 Å². The lowest BCUT2D eigenvalue weighted by Crippen LogP contribution is -2.12. The Hall–Kier alpha value is -1.69. The quantitative estimate of drug-likeness (QED) is 0.566. The van der Waals surface area contributed by atoms with Gasteiger partial charge in [-0.3, -0.25) is 4.79 Å². The number of H-pyrrole nitrogens is 2. The number of rotatable bonds is 2. The summed E-state index contributed by atoms with van der Waals surface area (Å²) in [5.41, 5.74) is 1.75. The van der Waals surface area contributed by atoms with Gasteiger partial charge >= 0.3 is 5.69 Å². The molecule has 0 radical (unpaired) electrons. The molecule has 3 N–H and O–H groups in total. The molecule has 0 aliphatic rings. The average molecular weight is 223 g/mol. The average Bonchev–Trinajstić information content (AvgIpc) is 2.57. The van der Waals surface area contributed by atoms with Gasteiger partial charge in [0, 0.05) is 5.69 Å². The molecule has 2 aromatic rings. The van der Waals surface area contributed by atoms with E-state index in [1.54, 1.807) is 18.2 Å². The largest absolute Gasteiger partial charge is 0.325 e. The summed E-state index contributed by atoms with van der Waals surface area (Å²) >= 11 is 3.85. The van der Waals surface area contributed by atoms with Crippen LogP contribution in [0.15, 0.2) is 23.0 Å². The lowest BCUT2D eigenvalue weighted by Gasteiger charge is -2.02. The molecule has 1 amide bonds. The van der Waals surface area contributed by atoms with Gasteiger partial charge in [0.25, 0.3) is 0 Å².